The van der Waals surface area contributed by atoms with Crippen molar-refractivity contribution < 1.29 is 19.1 Å². The molecule has 0 unspecified atom stereocenters. The Morgan fingerprint density at radius 3 is 1.10 bits per heavy atom. The van der Waals surface area contributed by atoms with Gasteiger partial charge in [0.1, 0.15) is 0 Å². The molecule has 0 rings (SSSR count). The summed E-state index contributed by atoms with van der Waals surface area (Å²) in [7, 11) is 0. The van der Waals surface area contributed by atoms with Crippen molar-refractivity contribution in [3.05, 3.63) is 0 Å². The Bertz CT molecular complexity index is 527. The zero-order valence-corrected chi connectivity index (χ0v) is 29.0. The fourth-order valence-corrected chi connectivity index (χ4v) is 5.86. The highest BCUT2D eigenvalue weighted by atomic mass is 16.5. The van der Waals surface area contributed by atoms with Crippen LogP contribution in [-0.2, 0) is 19.1 Å². The van der Waals surface area contributed by atoms with Crippen LogP contribution in [0.2, 0.25) is 0 Å². The average molecular weight is 595 g/mol. The van der Waals surface area contributed by atoms with E-state index in [0.29, 0.717) is 26.1 Å². The number of esters is 2. The molecular weight excluding hydrogens is 520 g/mol. The van der Waals surface area contributed by atoms with Gasteiger partial charge in [-0.2, -0.15) is 0 Å². The van der Waals surface area contributed by atoms with E-state index >= 15 is 0 Å². The maximum atomic E-state index is 11.8. The number of rotatable bonds is 33. The first-order valence-electron chi connectivity index (χ1n) is 18.8. The largest absolute Gasteiger partial charge is 0.466 e. The highest BCUT2D eigenvalue weighted by molar-refractivity contribution is 5.69. The number of hydrogen-bond donors (Lipinski definition) is 0. The van der Waals surface area contributed by atoms with E-state index < -0.39 is 0 Å². The molecule has 0 aliphatic carbocycles. The first kappa shape index (κ1) is 40.9. The summed E-state index contributed by atoms with van der Waals surface area (Å²) >= 11 is 0. The molecule has 42 heavy (non-hydrogen) atoms. The third-order valence-electron chi connectivity index (χ3n) is 8.88. The summed E-state index contributed by atoms with van der Waals surface area (Å²) in [5, 5.41) is 0. The predicted molar refractivity (Wildman–Crippen MR) is 181 cm³/mol. The first-order chi connectivity index (χ1) is 20.5. The topological polar surface area (TPSA) is 52.6 Å². The summed E-state index contributed by atoms with van der Waals surface area (Å²) < 4.78 is 10.8. The van der Waals surface area contributed by atoms with Crippen molar-refractivity contribution in [2.45, 2.75) is 207 Å². The minimum Gasteiger partial charge on any atom is -0.466 e. The van der Waals surface area contributed by atoms with E-state index in [-0.39, 0.29) is 11.9 Å². The summed E-state index contributed by atoms with van der Waals surface area (Å²) in [6.45, 7) is 10.5. The minimum atomic E-state index is 0.000916. The van der Waals surface area contributed by atoms with Gasteiger partial charge in [-0.1, -0.05) is 169 Å². The number of carbonyl (C=O) groups is 2. The first-order valence-corrected chi connectivity index (χ1v) is 18.8. The molecule has 4 nitrogen and oxygen atoms in total. The fraction of sp³-hybridized carbons (Fsp3) is 0.947. The zero-order chi connectivity index (χ0) is 30.9. The second-order valence-electron chi connectivity index (χ2n) is 13.3. The van der Waals surface area contributed by atoms with Gasteiger partial charge in [-0.15, -0.1) is 0 Å². The lowest BCUT2D eigenvalue weighted by Gasteiger charge is -2.20. The molecule has 0 spiro atoms. The molecule has 0 radical (unpaired) electrons. The van der Waals surface area contributed by atoms with Gasteiger partial charge in [-0.25, -0.2) is 0 Å². The lowest BCUT2D eigenvalue weighted by molar-refractivity contribution is -0.144. The quantitative estimate of drug-likeness (QED) is 0.0560. The number of carbonyl (C=O) groups excluding carboxylic acids is 2. The molecule has 0 N–H and O–H groups in total. The monoisotopic (exact) mass is 595 g/mol. The Labute approximate surface area is 263 Å². The minimum absolute atomic E-state index is 0.000916. The zero-order valence-electron chi connectivity index (χ0n) is 29.0. The molecule has 0 aromatic rings. The van der Waals surface area contributed by atoms with Crippen LogP contribution in [0.3, 0.4) is 0 Å². The number of ether oxygens (including phenoxy) is 2. The third-order valence-corrected chi connectivity index (χ3v) is 8.88. The highest BCUT2D eigenvalue weighted by Crippen LogP contribution is 2.25. The van der Waals surface area contributed by atoms with E-state index in [1.807, 2.05) is 0 Å². The summed E-state index contributed by atoms with van der Waals surface area (Å²) in [5.74, 6) is 1.68. The van der Waals surface area contributed by atoms with Crippen LogP contribution >= 0.6 is 0 Å². The van der Waals surface area contributed by atoms with Crippen LogP contribution in [0.25, 0.3) is 0 Å². The van der Waals surface area contributed by atoms with Gasteiger partial charge in [0, 0.05) is 12.8 Å². The molecule has 0 aromatic heterocycles. The van der Waals surface area contributed by atoms with E-state index in [2.05, 4.69) is 27.7 Å². The number of unbranched alkanes of at least 4 members (excludes halogenated alkanes) is 20. The SMILES string of the molecule is CCCCCCCC(=O)OCCCCCCCCCC(CCCCCCCCCOC(=O)CCCCCCC)C(C)C. The molecule has 0 aromatic carbocycles. The van der Waals surface area contributed by atoms with Gasteiger partial charge >= 0.3 is 11.9 Å². The van der Waals surface area contributed by atoms with Gasteiger partial charge in [0.15, 0.2) is 0 Å². The molecule has 0 heterocycles. The highest BCUT2D eigenvalue weighted by Gasteiger charge is 2.12. The second kappa shape index (κ2) is 32.8. The van der Waals surface area contributed by atoms with Crippen LogP contribution in [-0.4, -0.2) is 25.2 Å². The van der Waals surface area contributed by atoms with Crippen LogP contribution in [0, 0.1) is 11.8 Å². The van der Waals surface area contributed by atoms with E-state index in [1.54, 1.807) is 0 Å². The van der Waals surface area contributed by atoms with Crippen LogP contribution in [0.4, 0.5) is 0 Å². The summed E-state index contributed by atoms with van der Waals surface area (Å²) in [5.41, 5.74) is 0. The molecule has 4 heteroatoms. The van der Waals surface area contributed by atoms with Gasteiger partial charge < -0.3 is 9.47 Å². The van der Waals surface area contributed by atoms with Crippen LogP contribution in [0.5, 0.6) is 0 Å². The Balaban J connectivity index is 3.50. The molecule has 0 aliphatic heterocycles. The molecular formula is C38H74O4. The Morgan fingerprint density at radius 1 is 0.429 bits per heavy atom. The Morgan fingerprint density at radius 2 is 0.738 bits per heavy atom. The van der Waals surface area contributed by atoms with Gasteiger partial charge in [0.05, 0.1) is 13.2 Å². The van der Waals surface area contributed by atoms with E-state index in [4.69, 9.17) is 9.47 Å². The maximum Gasteiger partial charge on any atom is 0.305 e. The molecule has 0 atom stereocenters. The summed E-state index contributed by atoms with van der Waals surface area (Å²) in [6.07, 6.45) is 33.6. The van der Waals surface area contributed by atoms with Gasteiger partial charge in [0.25, 0.3) is 0 Å². The molecule has 0 fully saturated rings. The molecule has 0 aliphatic rings. The van der Waals surface area contributed by atoms with E-state index in [9.17, 15) is 9.59 Å². The molecule has 0 saturated heterocycles. The van der Waals surface area contributed by atoms with Crippen molar-refractivity contribution >= 4 is 11.9 Å². The van der Waals surface area contributed by atoms with Crippen molar-refractivity contribution in [1.29, 1.82) is 0 Å². The predicted octanol–water partition coefficient (Wildman–Crippen LogP) is 12.3. The Kier molecular flexibility index (Phi) is 32.0. The second-order valence-corrected chi connectivity index (χ2v) is 13.3. The molecule has 0 bridgehead atoms. The summed E-state index contributed by atoms with van der Waals surface area (Å²) in [4.78, 5) is 23.5. The van der Waals surface area contributed by atoms with Gasteiger partial charge in [-0.3, -0.25) is 9.59 Å². The standard InChI is InChI=1S/C38H74O4/c1-5-7-9-17-25-31-37(39)41-33-27-21-15-11-13-19-23-29-36(35(3)4)30-24-20-14-12-16-22-28-34-42-38(40)32-26-18-10-8-6-2/h35-36H,5-34H2,1-4H3. The molecule has 0 amide bonds. The molecule has 0 saturated carbocycles. The van der Waals surface area contributed by atoms with Crippen LogP contribution in [0.1, 0.15) is 207 Å². The van der Waals surface area contributed by atoms with Gasteiger partial charge in [-0.05, 0) is 37.5 Å². The van der Waals surface area contributed by atoms with Gasteiger partial charge in [0.2, 0.25) is 0 Å². The Hall–Kier alpha value is -1.06. The number of hydrogen-bond acceptors (Lipinski definition) is 4. The third kappa shape index (κ3) is 30.4. The van der Waals surface area contributed by atoms with E-state index in [0.717, 1.165) is 50.4 Å². The lowest BCUT2D eigenvalue weighted by Crippen LogP contribution is -2.08. The lowest BCUT2D eigenvalue weighted by atomic mass is 9.85. The van der Waals surface area contributed by atoms with Crippen molar-refractivity contribution in [1.82, 2.24) is 0 Å². The van der Waals surface area contributed by atoms with Crippen LogP contribution in [0.15, 0.2) is 0 Å². The normalized spacial score (nSPS) is 11.5. The van der Waals surface area contributed by atoms with Crippen molar-refractivity contribution in [2.75, 3.05) is 13.2 Å². The smallest absolute Gasteiger partial charge is 0.305 e. The molecule has 250 valence electrons. The van der Waals surface area contributed by atoms with Crippen molar-refractivity contribution in [3.8, 4) is 0 Å². The maximum absolute atomic E-state index is 11.8. The van der Waals surface area contributed by atoms with Crippen molar-refractivity contribution in [2.24, 2.45) is 11.8 Å². The average Bonchev–Trinajstić information content (AvgIpc) is 2.97. The fourth-order valence-electron chi connectivity index (χ4n) is 5.86. The van der Waals surface area contributed by atoms with E-state index in [1.165, 1.54) is 128 Å². The van der Waals surface area contributed by atoms with Crippen LogP contribution < -0.4 is 0 Å². The van der Waals surface area contributed by atoms with Crippen molar-refractivity contribution in [3.63, 3.8) is 0 Å². The summed E-state index contributed by atoms with van der Waals surface area (Å²) in [6, 6.07) is 0.